The van der Waals surface area contributed by atoms with Crippen molar-refractivity contribution in [3.63, 3.8) is 0 Å². The van der Waals surface area contributed by atoms with Crippen molar-refractivity contribution in [3.05, 3.63) is 47.0 Å². The van der Waals surface area contributed by atoms with Crippen LogP contribution in [0.3, 0.4) is 0 Å². The van der Waals surface area contributed by atoms with Gasteiger partial charge >= 0.3 is 0 Å². The standard InChI is InChI=1S/C17H24N4S/c18-17-20-12-16(22-17)11-19-10-14-6-8-21(9-7-14)13-15-4-2-1-3-5-15/h1-5,12,14,19H,6-11,13H2,(H2,18,20). The maximum absolute atomic E-state index is 5.65. The highest BCUT2D eigenvalue weighted by atomic mass is 32.1. The van der Waals surface area contributed by atoms with Gasteiger partial charge in [0.2, 0.25) is 0 Å². The van der Waals surface area contributed by atoms with Crippen LogP contribution in [0.2, 0.25) is 0 Å². The number of nitrogens with zero attached hydrogens (tertiary/aromatic N) is 2. The van der Waals surface area contributed by atoms with Gasteiger partial charge in [0, 0.05) is 24.2 Å². The van der Waals surface area contributed by atoms with Crippen molar-refractivity contribution in [2.75, 3.05) is 25.4 Å². The number of benzene rings is 1. The third kappa shape index (κ3) is 4.53. The highest BCUT2D eigenvalue weighted by Gasteiger charge is 2.18. The van der Waals surface area contributed by atoms with E-state index in [2.05, 4.69) is 45.5 Å². The average Bonchev–Trinajstić information content (AvgIpc) is 2.96. The summed E-state index contributed by atoms with van der Waals surface area (Å²) in [6.45, 7) is 5.47. The lowest BCUT2D eigenvalue weighted by atomic mass is 9.96. The molecule has 1 fully saturated rings. The van der Waals surface area contributed by atoms with Gasteiger partial charge in [0.25, 0.3) is 0 Å². The fourth-order valence-corrected chi connectivity index (χ4v) is 3.65. The highest BCUT2D eigenvalue weighted by molar-refractivity contribution is 7.15. The van der Waals surface area contributed by atoms with Crippen molar-refractivity contribution in [1.29, 1.82) is 0 Å². The Morgan fingerprint density at radius 3 is 2.68 bits per heavy atom. The van der Waals surface area contributed by atoms with E-state index in [0.29, 0.717) is 5.13 Å². The van der Waals surface area contributed by atoms with Gasteiger partial charge in [-0.3, -0.25) is 4.90 Å². The predicted molar refractivity (Wildman–Crippen MR) is 92.7 cm³/mol. The van der Waals surface area contributed by atoms with Crippen molar-refractivity contribution in [3.8, 4) is 0 Å². The molecule has 0 spiro atoms. The first-order valence-electron chi connectivity index (χ1n) is 7.97. The van der Waals surface area contributed by atoms with E-state index >= 15 is 0 Å². The van der Waals surface area contributed by atoms with E-state index in [1.807, 2.05) is 6.20 Å². The molecule has 0 amide bonds. The van der Waals surface area contributed by atoms with Crippen molar-refractivity contribution >= 4 is 16.5 Å². The van der Waals surface area contributed by atoms with Crippen molar-refractivity contribution in [2.24, 2.45) is 5.92 Å². The minimum Gasteiger partial charge on any atom is -0.375 e. The molecule has 1 aliphatic rings. The summed E-state index contributed by atoms with van der Waals surface area (Å²) < 4.78 is 0. The number of likely N-dealkylation sites (tertiary alicyclic amines) is 1. The summed E-state index contributed by atoms with van der Waals surface area (Å²) in [5.74, 6) is 0.789. The number of thiazole rings is 1. The second-order valence-corrected chi connectivity index (χ2v) is 7.15. The number of nitrogen functional groups attached to an aromatic ring is 1. The summed E-state index contributed by atoms with van der Waals surface area (Å²) >= 11 is 1.57. The molecule has 22 heavy (non-hydrogen) atoms. The maximum atomic E-state index is 5.65. The molecule has 0 atom stereocenters. The molecule has 1 aliphatic heterocycles. The van der Waals surface area contributed by atoms with E-state index in [1.54, 1.807) is 11.3 Å². The van der Waals surface area contributed by atoms with Crippen LogP contribution in [0.25, 0.3) is 0 Å². The number of piperidine rings is 1. The number of aromatic nitrogens is 1. The van der Waals surface area contributed by atoms with Crippen LogP contribution < -0.4 is 11.1 Å². The fraction of sp³-hybridized carbons (Fsp3) is 0.471. The van der Waals surface area contributed by atoms with Gasteiger partial charge in [-0.15, -0.1) is 11.3 Å². The summed E-state index contributed by atoms with van der Waals surface area (Å²) in [4.78, 5) is 7.87. The normalized spacial score (nSPS) is 16.9. The van der Waals surface area contributed by atoms with Gasteiger partial charge in [0.1, 0.15) is 0 Å². The van der Waals surface area contributed by atoms with Gasteiger partial charge in [-0.2, -0.15) is 0 Å². The van der Waals surface area contributed by atoms with Crippen LogP contribution in [0.1, 0.15) is 23.3 Å². The second-order valence-electron chi connectivity index (χ2n) is 6.00. The quantitative estimate of drug-likeness (QED) is 0.860. The molecule has 0 aliphatic carbocycles. The molecule has 2 heterocycles. The summed E-state index contributed by atoms with van der Waals surface area (Å²) in [5.41, 5.74) is 7.06. The zero-order valence-corrected chi connectivity index (χ0v) is 13.7. The van der Waals surface area contributed by atoms with Crippen molar-refractivity contribution in [1.82, 2.24) is 15.2 Å². The summed E-state index contributed by atoms with van der Waals surface area (Å²) in [7, 11) is 0. The Labute approximate surface area is 136 Å². The fourth-order valence-electron chi connectivity index (χ4n) is 2.99. The Hall–Kier alpha value is -1.43. The van der Waals surface area contributed by atoms with E-state index < -0.39 is 0 Å². The lowest BCUT2D eigenvalue weighted by Gasteiger charge is -2.32. The van der Waals surface area contributed by atoms with E-state index in [1.165, 1.54) is 36.4 Å². The molecule has 5 heteroatoms. The summed E-state index contributed by atoms with van der Waals surface area (Å²) in [6, 6.07) is 10.8. The summed E-state index contributed by atoms with van der Waals surface area (Å²) in [6.07, 6.45) is 4.44. The van der Waals surface area contributed by atoms with E-state index in [9.17, 15) is 0 Å². The predicted octanol–water partition coefficient (Wildman–Crippen LogP) is 2.73. The van der Waals surface area contributed by atoms with Gasteiger partial charge in [0.05, 0.1) is 0 Å². The van der Waals surface area contributed by atoms with Crippen LogP contribution in [0.4, 0.5) is 5.13 Å². The molecule has 0 unspecified atom stereocenters. The molecular formula is C17H24N4S. The zero-order chi connectivity index (χ0) is 15.2. The van der Waals surface area contributed by atoms with Crippen LogP contribution in [-0.2, 0) is 13.1 Å². The van der Waals surface area contributed by atoms with Gasteiger partial charge in [-0.1, -0.05) is 30.3 Å². The maximum Gasteiger partial charge on any atom is 0.180 e. The Morgan fingerprint density at radius 2 is 2.00 bits per heavy atom. The first-order valence-corrected chi connectivity index (χ1v) is 8.78. The molecule has 118 valence electrons. The molecule has 3 rings (SSSR count). The number of rotatable bonds is 6. The Bertz CT molecular complexity index is 561. The lowest BCUT2D eigenvalue weighted by Crippen LogP contribution is -2.36. The van der Waals surface area contributed by atoms with E-state index in [4.69, 9.17) is 5.73 Å². The van der Waals surface area contributed by atoms with Crippen LogP contribution >= 0.6 is 11.3 Å². The second kappa shape index (κ2) is 7.72. The molecule has 1 saturated heterocycles. The smallest absolute Gasteiger partial charge is 0.180 e. The van der Waals surface area contributed by atoms with Crippen molar-refractivity contribution < 1.29 is 0 Å². The Morgan fingerprint density at radius 1 is 1.23 bits per heavy atom. The minimum absolute atomic E-state index is 0.658. The molecule has 1 aromatic carbocycles. The highest BCUT2D eigenvalue weighted by Crippen LogP contribution is 2.19. The molecule has 0 radical (unpaired) electrons. The van der Waals surface area contributed by atoms with Crippen molar-refractivity contribution in [2.45, 2.75) is 25.9 Å². The molecule has 0 saturated carbocycles. The van der Waals surface area contributed by atoms with Crippen LogP contribution in [0.5, 0.6) is 0 Å². The van der Waals surface area contributed by atoms with E-state index in [-0.39, 0.29) is 0 Å². The number of anilines is 1. The first-order chi connectivity index (χ1) is 10.8. The topological polar surface area (TPSA) is 54.2 Å². The third-order valence-electron chi connectivity index (χ3n) is 4.26. The Balaban J connectivity index is 1.35. The molecule has 1 aromatic heterocycles. The van der Waals surface area contributed by atoms with E-state index in [0.717, 1.165) is 25.6 Å². The van der Waals surface area contributed by atoms with Gasteiger partial charge < -0.3 is 11.1 Å². The molecule has 0 bridgehead atoms. The van der Waals surface area contributed by atoms with Gasteiger partial charge in [0.15, 0.2) is 5.13 Å². The van der Waals surface area contributed by atoms with Crippen LogP contribution in [0, 0.1) is 5.92 Å². The molecule has 2 aromatic rings. The lowest BCUT2D eigenvalue weighted by molar-refractivity contribution is 0.175. The number of hydrogen-bond acceptors (Lipinski definition) is 5. The molecule has 4 nitrogen and oxygen atoms in total. The zero-order valence-electron chi connectivity index (χ0n) is 12.9. The summed E-state index contributed by atoms with van der Waals surface area (Å²) in [5, 5.41) is 4.20. The largest absolute Gasteiger partial charge is 0.375 e. The van der Waals surface area contributed by atoms with Crippen LogP contribution in [-0.4, -0.2) is 29.5 Å². The first kappa shape index (κ1) is 15.5. The molecule has 3 N–H and O–H groups in total. The monoisotopic (exact) mass is 316 g/mol. The Kier molecular flexibility index (Phi) is 5.43. The van der Waals surface area contributed by atoms with Crippen LogP contribution in [0.15, 0.2) is 36.5 Å². The SMILES string of the molecule is Nc1ncc(CNCC2CCN(Cc3ccccc3)CC2)s1. The minimum atomic E-state index is 0.658. The number of nitrogens with two attached hydrogens (primary N) is 1. The van der Waals surface area contributed by atoms with Gasteiger partial charge in [-0.25, -0.2) is 4.98 Å². The third-order valence-corrected chi connectivity index (χ3v) is 5.09. The molecular weight excluding hydrogens is 292 g/mol. The number of hydrogen-bond donors (Lipinski definition) is 2. The van der Waals surface area contributed by atoms with Gasteiger partial charge in [-0.05, 0) is 44.0 Å². The average molecular weight is 316 g/mol. The number of nitrogens with one attached hydrogen (secondary N) is 1.